The molecule has 0 spiro atoms. The number of aromatic nitrogens is 5. The van der Waals surface area contributed by atoms with Crippen LogP contribution in [-0.2, 0) is 14.1 Å². The number of aromatic carboxylic acids is 1. The number of anilines is 2. The Kier molecular flexibility index (Phi) is 2.86. The molecule has 0 amide bonds. The normalized spacial score (nSPS) is 11.0. The minimum Gasteiger partial charge on any atom is -0.478 e. The van der Waals surface area contributed by atoms with Gasteiger partial charge in [0, 0.05) is 32.6 Å². The van der Waals surface area contributed by atoms with Crippen LogP contribution < -0.4 is 5.32 Å². The first kappa shape index (κ1) is 13.1. The van der Waals surface area contributed by atoms with Gasteiger partial charge in [0.05, 0.1) is 16.8 Å². The maximum absolute atomic E-state index is 11.4. The number of hydrogen-bond acceptors (Lipinski definition) is 5. The van der Waals surface area contributed by atoms with Gasteiger partial charge in [-0.3, -0.25) is 9.36 Å². The minimum atomic E-state index is -1.05. The Hall–Kier alpha value is -2.90. The first-order chi connectivity index (χ1) is 9.97. The summed E-state index contributed by atoms with van der Waals surface area (Å²) in [6.07, 6.45) is 3.11. The van der Waals surface area contributed by atoms with Gasteiger partial charge in [0.25, 0.3) is 0 Å². The fourth-order valence-corrected chi connectivity index (χ4v) is 2.31. The molecule has 0 fully saturated rings. The number of pyridine rings is 1. The summed E-state index contributed by atoms with van der Waals surface area (Å²) in [6, 6.07) is 1.77. The van der Waals surface area contributed by atoms with Crippen molar-refractivity contribution in [3.05, 3.63) is 29.7 Å². The van der Waals surface area contributed by atoms with Crippen LogP contribution >= 0.6 is 0 Å². The van der Waals surface area contributed by atoms with Gasteiger partial charge in [0.1, 0.15) is 5.56 Å². The lowest BCUT2D eigenvalue weighted by molar-refractivity contribution is 0.0697. The summed E-state index contributed by atoms with van der Waals surface area (Å²) < 4.78 is 3.26. The van der Waals surface area contributed by atoms with E-state index in [1.54, 1.807) is 35.7 Å². The van der Waals surface area contributed by atoms with E-state index in [0.717, 1.165) is 0 Å². The molecular formula is C13H14N6O2. The van der Waals surface area contributed by atoms with Crippen LogP contribution in [-0.4, -0.2) is 35.6 Å². The first-order valence-electron chi connectivity index (χ1n) is 6.29. The fourth-order valence-electron chi connectivity index (χ4n) is 2.31. The molecule has 0 bridgehead atoms. The van der Waals surface area contributed by atoms with Crippen LogP contribution in [0.3, 0.4) is 0 Å². The van der Waals surface area contributed by atoms with E-state index < -0.39 is 5.97 Å². The number of aryl methyl sites for hydroxylation is 3. The summed E-state index contributed by atoms with van der Waals surface area (Å²) in [5.41, 5.74) is 1.87. The standard InChI is InChI=1S/C13H14N6O2/c1-7-10-11(15-9-4-5-18(2)17-9)8(13(20)21)6-14-12(10)19(3)16-7/h4-6H,1-3H3,(H,20,21)(H,14,15,17). The van der Waals surface area contributed by atoms with E-state index in [2.05, 4.69) is 20.5 Å². The zero-order valence-electron chi connectivity index (χ0n) is 11.8. The van der Waals surface area contributed by atoms with Crippen molar-refractivity contribution in [1.29, 1.82) is 0 Å². The fraction of sp³-hybridized carbons (Fsp3) is 0.231. The van der Waals surface area contributed by atoms with Gasteiger partial charge in [-0.25, -0.2) is 9.78 Å². The van der Waals surface area contributed by atoms with Crippen molar-refractivity contribution >= 4 is 28.5 Å². The molecule has 108 valence electrons. The molecule has 0 aliphatic rings. The summed E-state index contributed by atoms with van der Waals surface area (Å²) in [5.74, 6) is -0.484. The molecule has 0 aliphatic heterocycles. The molecule has 21 heavy (non-hydrogen) atoms. The van der Waals surface area contributed by atoms with Crippen LogP contribution in [0.1, 0.15) is 16.1 Å². The number of carboxylic acid groups (broad SMARTS) is 1. The van der Waals surface area contributed by atoms with E-state index in [4.69, 9.17) is 0 Å². The smallest absolute Gasteiger partial charge is 0.339 e. The van der Waals surface area contributed by atoms with E-state index >= 15 is 0 Å². The topological polar surface area (TPSA) is 97.9 Å². The quantitative estimate of drug-likeness (QED) is 0.756. The van der Waals surface area contributed by atoms with Crippen LogP contribution in [0, 0.1) is 6.92 Å². The van der Waals surface area contributed by atoms with Crippen molar-refractivity contribution < 1.29 is 9.90 Å². The predicted octanol–water partition coefficient (Wildman–Crippen LogP) is 1.45. The molecule has 0 aliphatic carbocycles. The number of nitrogens with one attached hydrogen (secondary N) is 1. The Balaban J connectivity index is 2.25. The van der Waals surface area contributed by atoms with Gasteiger partial charge in [-0.2, -0.15) is 10.2 Å². The molecule has 3 aromatic heterocycles. The van der Waals surface area contributed by atoms with Gasteiger partial charge in [-0.15, -0.1) is 0 Å². The second kappa shape index (κ2) is 4.58. The van der Waals surface area contributed by atoms with Gasteiger partial charge >= 0.3 is 5.97 Å². The van der Waals surface area contributed by atoms with E-state index in [-0.39, 0.29) is 5.56 Å². The third-order valence-corrected chi connectivity index (χ3v) is 3.22. The zero-order chi connectivity index (χ0) is 15.1. The second-order valence-corrected chi connectivity index (χ2v) is 4.76. The summed E-state index contributed by atoms with van der Waals surface area (Å²) in [4.78, 5) is 15.6. The summed E-state index contributed by atoms with van der Waals surface area (Å²) in [5, 5.41) is 21.6. The highest BCUT2D eigenvalue weighted by molar-refractivity contribution is 6.05. The van der Waals surface area contributed by atoms with E-state index in [9.17, 15) is 9.90 Å². The molecule has 2 N–H and O–H groups in total. The molecule has 0 saturated heterocycles. The van der Waals surface area contributed by atoms with E-state index in [1.165, 1.54) is 6.20 Å². The number of hydrogen-bond donors (Lipinski definition) is 2. The van der Waals surface area contributed by atoms with Gasteiger partial charge in [0.15, 0.2) is 11.5 Å². The average molecular weight is 286 g/mol. The molecule has 3 rings (SSSR count). The Labute approximate surface area is 120 Å². The third-order valence-electron chi connectivity index (χ3n) is 3.22. The van der Waals surface area contributed by atoms with E-state index in [1.807, 2.05) is 6.92 Å². The maximum atomic E-state index is 11.4. The molecule has 3 aromatic rings. The second-order valence-electron chi connectivity index (χ2n) is 4.76. The number of rotatable bonds is 3. The van der Waals surface area contributed by atoms with Crippen molar-refractivity contribution in [3.8, 4) is 0 Å². The van der Waals surface area contributed by atoms with Crippen molar-refractivity contribution in [2.45, 2.75) is 6.92 Å². The highest BCUT2D eigenvalue weighted by Gasteiger charge is 2.19. The maximum Gasteiger partial charge on any atom is 0.339 e. The first-order valence-corrected chi connectivity index (χ1v) is 6.29. The van der Waals surface area contributed by atoms with Crippen LogP contribution in [0.25, 0.3) is 11.0 Å². The van der Waals surface area contributed by atoms with Crippen LogP contribution in [0.4, 0.5) is 11.5 Å². The number of carbonyl (C=O) groups is 1. The molecule has 0 atom stereocenters. The lowest BCUT2D eigenvalue weighted by atomic mass is 10.1. The molecule has 0 saturated carbocycles. The number of fused-ring (bicyclic) bond motifs is 1. The molecule has 0 radical (unpaired) electrons. The molecule has 8 nitrogen and oxygen atoms in total. The largest absolute Gasteiger partial charge is 0.478 e. The number of nitrogens with zero attached hydrogens (tertiary/aromatic N) is 5. The summed E-state index contributed by atoms with van der Waals surface area (Å²) in [7, 11) is 3.56. The Bertz CT molecular complexity index is 848. The molecule has 8 heteroatoms. The van der Waals surface area contributed by atoms with Gasteiger partial charge in [-0.05, 0) is 6.92 Å². The number of carboxylic acids is 1. The highest BCUT2D eigenvalue weighted by atomic mass is 16.4. The summed E-state index contributed by atoms with van der Waals surface area (Å²) >= 11 is 0. The molecule has 0 unspecified atom stereocenters. The molecule has 3 heterocycles. The van der Waals surface area contributed by atoms with Crippen molar-refractivity contribution in [3.63, 3.8) is 0 Å². The third kappa shape index (κ3) is 2.10. The Morgan fingerprint density at radius 1 is 1.33 bits per heavy atom. The van der Waals surface area contributed by atoms with Crippen molar-refractivity contribution in [1.82, 2.24) is 24.5 Å². The lowest BCUT2D eigenvalue weighted by Gasteiger charge is -2.09. The van der Waals surface area contributed by atoms with Crippen molar-refractivity contribution in [2.24, 2.45) is 14.1 Å². The van der Waals surface area contributed by atoms with Crippen molar-refractivity contribution in [2.75, 3.05) is 5.32 Å². The van der Waals surface area contributed by atoms with Gasteiger partial charge in [-0.1, -0.05) is 0 Å². The minimum absolute atomic E-state index is 0.0873. The Morgan fingerprint density at radius 2 is 2.10 bits per heavy atom. The molecular weight excluding hydrogens is 272 g/mol. The van der Waals surface area contributed by atoms with Gasteiger partial charge in [0.2, 0.25) is 0 Å². The lowest BCUT2D eigenvalue weighted by Crippen LogP contribution is -2.05. The average Bonchev–Trinajstić information content (AvgIpc) is 2.94. The monoisotopic (exact) mass is 286 g/mol. The molecule has 0 aromatic carbocycles. The van der Waals surface area contributed by atoms with Crippen LogP contribution in [0.2, 0.25) is 0 Å². The SMILES string of the molecule is Cc1nn(C)c2ncc(C(=O)O)c(Nc3ccn(C)n3)c12. The predicted molar refractivity (Wildman–Crippen MR) is 76.7 cm³/mol. The van der Waals surface area contributed by atoms with Gasteiger partial charge < -0.3 is 10.4 Å². The zero-order valence-corrected chi connectivity index (χ0v) is 11.8. The van der Waals surface area contributed by atoms with Crippen LogP contribution in [0.15, 0.2) is 18.5 Å². The Morgan fingerprint density at radius 3 is 2.71 bits per heavy atom. The van der Waals surface area contributed by atoms with Crippen LogP contribution in [0.5, 0.6) is 0 Å². The van der Waals surface area contributed by atoms with E-state index in [0.29, 0.717) is 28.2 Å². The summed E-state index contributed by atoms with van der Waals surface area (Å²) in [6.45, 7) is 1.82. The highest BCUT2D eigenvalue weighted by Crippen LogP contribution is 2.30.